The number of fused-ring (bicyclic) bond motifs is 5. The monoisotopic (exact) mass is 780 g/mol. The first-order chi connectivity index (χ1) is 30.3. The highest BCUT2D eigenvalue weighted by Gasteiger charge is 2.44. The van der Waals surface area contributed by atoms with Crippen molar-refractivity contribution in [3.8, 4) is 33.4 Å². The quantitative estimate of drug-likeness (QED) is 0.155. The summed E-state index contributed by atoms with van der Waals surface area (Å²) in [6.07, 6.45) is 6.37. The molecule has 3 aliphatic rings. The lowest BCUT2D eigenvalue weighted by Crippen LogP contribution is -2.61. The molecule has 12 rings (SSSR count). The van der Waals surface area contributed by atoms with E-state index in [2.05, 4.69) is 216 Å². The summed E-state index contributed by atoms with van der Waals surface area (Å²) in [7, 11) is 0. The molecule has 0 saturated heterocycles. The normalized spacial score (nSPS) is 14.4. The van der Waals surface area contributed by atoms with E-state index in [1.807, 2.05) is 0 Å². The zero-order chi connectivity index (χ0) is 40.3. The Morgan fingerprint density at radius 1 is 0.377 bits per heavy atom. The first-order valence-electron chi connectivity index (χ1n) is 22.1. The molecule has 0 aromatic heterocycles. The molecular formula is C58H45BN2. The van der Waals surface area contributed by atoms with Crippen molar-refractivity contribution in [2.75, 3.05) is 9.80 Å². The summed E-state index contributed by atoms with van der Waals surface area (Å²) in [5, 5.41) is 2.54. The van der Waals surface area contributed by atoms with Crippen LogP contribution in [-0.4, -0.2) is 6.71 Å². The van der Waals surface area contributed by atoms with Crippen LogP contribution in [0.2, 0.25) is 0 Å². The van der Waals surface area contributed by atoms with Crippen LogP contribution in [0.25, 0.3) is 44.2 Å². The molecule has 0 bridgehead atoms. The number of benzene rings is 9. The van der Waals surface area contributed by atoms with Crippen LogP contribution in [0.1, 0.15) is 43.6 Å². The smallest absolute Gasteiger partial charge is 0.252 e. The highest BCUT2D eigenvalue weighted by atomic mass is 15.2. The minimum atomic E-state index is 0.0556. The van der Waals surface area contributed by atoms with Gasteiger partial charge in [0.05, 0.1) is 0 Å². The topological polar surface area (TPSA) is 6.48 Å². The molecule has 9 aromatic rings. The van der Waals surface area contributed by atoms with Gasteiger partial charge in [0.1, 0.15) is 0 Å². The fourth-order valence-electron chi connectivity index (χ4n) is 10.7. The van der Waals surface area contributed by atoms with Crippen LogP contribution in [0.15, 0.2) is 206 Å². The van der Waals surface area contributed by atoms with Gasteiger partial charge in [0.15, 0.2) is 0 Å². The fraction of sp³-hybridized carbons (Fsp3) is 0.103. The van der Waals surface area contributed by atoms with Crippen LogP contribution in [0.4, 0.5) is 34.1 Å². The van der Waals surface area contributed by atoms with Gasteiger partial charge >= 0.3 is 0 Å². The van der Waals surface area contributed by atoms with Crippen molar-refractivity contribution in [1.82, 2.24) is 0 Å². The molecule has 0 unspecified atom stereocenters. The maximum Gasteiger partial charge on any atom is 0.252 e. The third-order valence-electron chi connectivity index (χ3n) is 13.6. The van der Waals surface area contributed by atoms with Gasteiger partial charge in [0.25, 0.3) is 6.71 Å². The highest BCUT2D eigenvalue weighted by Crippen LogP contribution is 2.48. The summed E-state index contributed by atoms with van der Waals surface area (Å²) in [4.78, 5) is 5.17. The van der Waals surface area contributed by atoms with E-state index in [0.29, 0.717) is 5.92 Å². The summed E-state index contributed by atoms with van der Waals surface area (Å²) in [5.41, 5.74) is 20.4. The van der Waals surface area contributed by atoms with Crippen molar-refractivity contribution in [3.63, 3.8) is 0 Å². The number of nitrogens with zero attached hydrogens (tertiary/aromatic N) is 2. The molecule has 0 atom stereocenters. The van der Waals surface area contributed by atoms with Gasteiger partial charge in [-0.2, -0.15) is 0 Å². The van der Waals surface area contributed by atoms with Gasteiger partial charge in [0.2, 0.25) is 0 Å². The standard InChI is InChI=1S/C58H45BN2/c1-4-16-40(17-5-1)45-24-14-25-49(36-45)61-54-29-13-12-28-52(54)59-53-37-46(41-18-6-2-7-19-41)32-35-55(53)60(56-38-47(39-57(61)58(56)59)42-20-8-3-9-21-42)48-33-30-44(31-34-48)51-27-15-23-43-22-10-11-26-50(43)51/h1-2,4-7,10-19,22-39,42H,3,8-9,20-21H2. The van der Waals surface area contributed by atoms with Gasteiger partial charge in [-0.05, 0) is 133 Å². The van der Waals surface area contributed by atoms with E-state index >= 15 is 0 Å². The minimum absolute atomic E-state index is 0.0556. The Kier molecular flexibility index (Phi) is 8.73. The predicted octanol–water partition coefficient (Wildman–Crippen LogP) is 14.0. The van der Waals surface area contributed by atoms with Crippen molar-refractivity contribution < 1.29 is 0 Å². The number of rotatable bonds is 6. The molecule has 2 nitrogen and oxygen atoms in total. The Hall–Kier alpha value is -7.10. The van der Waals surface area contributed by atoms with Crippen molar-refractivity contribution in [2.45, 2.75) is 38.0 Å². The van der Waals surface area contributed by atoms with E-state index in [-0.39, 0.29) is 6.71 Å². The molecule has 61 heavy (non-hydrogen) atoms. The van der Waals surface area contributed by atoms with Gasteiger partial charge in [-0.25, -0.2) is 0 Å². The second-order valence-electron chi connectivity index (χ2n) is 17.1. The zero-order valence-corrected chi connectivity index (χ0v) is 34.2. The highest BCUT2D eigenvalue weighted by molar-refractivity contribution is 7.00. The molecule has 0 radical (unpaired) electrons. The average Bonchev–Trinajstić information content (AvgIpc) is 3.34. The average molecular weight is 781 g/mol. The largest absolute Gasteiger partial charge is 0.311 e. The second kappa shape index (κ2) is 14.9. The van der Waals surface area contributed by atoms with E-state index in [9.17, 15) is 0 Å². The van der Waals surface area contributed by atoms with Gasteiger partial charge in [0, 0.05) is 34.1 Å². The van der Waals surface area contributed by atoms with E-state index < -0.39 is 0 Å². The van der Waals surface area contributed by atoms with Gasteiger partial charge in [-0.3, -0.25) is 0 Å². The molecule has 0 N–H and O–H groups in total. The Balaban J connectivity index is 1.11. The maximum absolute atomic E-state index is 2.59. The van der Waals surface area contributed by atoms with Gasteiger partial charge < -0.3 is 9.80 Å². The third kappa shape index (κ3) is 6.10. The molecule has 9 aromatic carbocycles. The lowest BCUT2D eigenvalue weighted by Gasteiger charge is -2.45. The second-order valence-corrected chi connectivity index (χ2v) is 17.1. The lowest BCUT2D eigenvalue weighted by atomic mass is 9.33. The minimum Gasteiger partial charge on any atom is -0.311 e. The molecule has 3 heteroatoms. The van der Waals surface area contributed by atoms with Gasteiger partial charge in [-0.15, -0.1) is 0 Å². The summed E-state index contributed by atoms with van der Waals surface area (Å²) in [5.74, 6) is 0.529. The number of anilines is 6. The molecule has 2 heterocycles. The molecule has 290 valence electrons. The summed E-state index contributed by atoms with van der Waals surface area (Å²) in [6.45, 7) is 0.0556. The molecule has 2 aliphatic heterocycles. The Morgan fingerprint density at radius 2 is 0.967 bits per heavy atom. The molecular weight excluding hydrogens is 735 g/mol. The van der Waals surface area contributed by atoms with E-state index in [1.165, 1.54) is 132 Å². The Morgan fingerprint density at radius 3 is 1.74 bits per heavy atom. The van der Waals surface area contributed by atoms with Crippen LogP contribution in [-0.2, 0) is 0 Å². The zero-order valence-electron chi connectivity index (χ0n) is 34.2. The summed E-state index contributed by atoms with van der Waals surface area (Å²) < 4.78 is 0. The van der Waals surface area contributed by atoms with Crippen LogP contribution >= 0.6 is 0 Å². The summed E-state index contributed by atoms with van der Waals surface area (Å²) >= 11 is 0. The number of para-hydroxylation sites is 1. The van der Waals surface area contributed by atoms with E-state index in [1.54, 1.807) is 0 Å². The molecule has 1 fully saturated rings. The molecule has 0 spiro atoms. The SMILES string of the molecule is c1ccc(-c2cccc(N3c4ccccc4B4c5cc(-c6ccccc6)ccc5N(c5ccc(-c6cccc7ccccc67)cc5)c5cc(C6CCCCC6)cc3c54)c2)cc1. The molecule has 0 amide bonds. The first-order valence-corrected chi connectivity index (χ1v) is 22.1. The summed E-state index contributed by atoms with van der Waals surface area (Å²) in [6, 6.07) is 77.1. The fourth-order valence-corrected chi connectivity index (χ4v) is 10.7. The van der Waals surface area contributed by atoms with Crippen LogP contribution in [0.3, 0.4) is 0 Å². The van der Waals surface area contributed by atoms with E-state index in [0.717, 1.165) is 0 Å². The number of hydrogen-bond donors (Lipinski definition) is 0. The Bertz CT molecular complexity index is 3070. The van der Waals surface area contributed by atoms with Crippen LogP contribution in [0, 0.1) is 0 Å². The maximum atomic E-state index is 2.59. The predicted molar refractivity (Wildman–Crippen MR) is 260 cm³/mol. The van der Waals surface area contributed by atoms with E-state index in [4.69, 9.17) is 0 Å². The Labute approximate surface area is 359 Å². The van der Waals surface area contributed by atoms with Crippen molar-refractivity contribution >= 4 is 68.0 Å². The van der Waals surface area contributed by atoms with Crippen LogP contribution < -0.4 is 26.2 Å². The van der Waals surface area contributed by atoms with Crippen molar-refractivity contribution in [1.29, 1.82) is 0 Å². The molecule has 1 saturated carbocycles. The van der Waals surface area contributed by atoms with Gasteiger partial charge in [-0.1, -0.05) is 177 Å². The lowest BCUT2D eigenvalue weighted by molar-refractivity contribution is 0.444. The molecule has 1 aliphatic carbocycles. The number of hydrogen-bond acceptors (Lipinski definition) is 2. The third-order valence-corrected chi connectivity index (χ3v) is 13.6. The van der Waals surface area contributed by atoms with Crippen LogP contribution in [0.5, 0.6) is 0 Å². The first kappa shape index (κ1) is 35.8. The van der Waals surface area contributed by atoms with Crippen molar-refractivity contribution in [2.24, 2.45) is 0 Å². The van der Waals surface area contributed by atoms with Crippen molar-refractivity contribution in [3.05, 3.63) is 212 Å².